The molecule has 2 aromatic rings. The van der Waals surface area contributed by atoms with Crippen LogP contribution in [0.2, 0.25) is 0 Å². The Bertz CT molecular complexity index is 1180. The van der Waals surface area contributed by atoms with Crippen molar-refractivity contribution in [3.63, 3.8) is 0 Å². The van der Waals surface area contributed by atoms with Gasteiger partial charge in [0.1, 0.15) is 23.9 Å². The Morgan fingerprint density at radius 3 is 2.35 bits per heavy atom. The highest BCUT2D eigenvalue weighted by Crippen LogP contribution is 2.29. The summed E-state index contributed by atoms with van der Waals surface area (Å²) in [7, 11) is 0. The van der Waals surface area contributed by atoms with Crippen LogP contribution in [0.3, 0.4) is 0 Å². The van der Waals surface area contributed by atoms with Crippen LogP contribution in [0, 0.1) is 0 Å². The normalized spacial score (nSPS) is 22.8. The Kier molecular flexibility index (Phi) is 11.3. The molecule has 0 saturated carbocycles. The van der Waals surface area contributed by atoms with Gasteiger partial charge in [0.05, 0.1) is 6.04 Å². The molecule has 1 heterocycles. The van der Waals surface area contributed by atoms with Gasteiger partial charge in [-0.05, 0) is 43.5 Å². The lowest BCUT2D eigenvalue weighted by molar-refractivity contribution is -0.133. The quantitative estimate of drug-likeness (QED) is 0.274. The molecule has 0 aromatic heterocycles. The number of rotatable bonds is 7. The lowest BCUT2D eigenvalue weighted by Crippen LogP contribution is -2.61. The van der Waals surface area contributed by atoms with Crippen molar-refractivity contribution >= 4 is 47.2 Å². The zero-order chi connectivity index (χ0) is 29.3. The summed E-state index contributed by atoms with van der Waals surface area (Å²) in [6.45, 7) is 3.70. The van der Waals surface area contributed by atoms with Gasteiger partial charge in [-0.1, -0.05) is 42.5 Å². The third kappa shape index (κ3) is 9.17. The van der Waals surface area contributed by atoms with Crippen LogP contribution in [0.15, 0.2) is 54.6 Å². The van der Waals surface area contributed by atoms with Crippen LogP contribution < -0.4 is 27.4 Å². The van der Waals surface area contributed by atoms with Gasteiger partial charge in [-0.15, -0.1) is 0 Å². The SMILES string of the molecule is CC1(C)SCCSCC(NC(=O)[C@@H](N)Cc2ccc(O)cc2)C(=O)N[C@@H](Cc2ccccc2)C(=O)N[C@@H]1C(N)=O. The van der Waals surface area contributed by atoms with E-state index in [-0.39, 0.29) is 24.3 Å². The lowest BCUT2D eigenvalue weighted by atomic mass is 10.00. The van der Waals surface area contributed by atoms with Gasteiger partial charge >= 0.3 is 0 Å². The zero-order valence-corrected chi connectivity index (χ0v) is 24.2. The molecule has 2 aromatic carbocycles. The van der Waals surface area contributed by atoms with Crippen molar-refractivity contribution in [2.24, 2.45) is 11.5 Å². The van der Waals surface area contributed by atoms with Crippen LogP contribution in [0.25, 0.3) is 0 Å². The summed E-state index contributed by atoms with van der Waals surface area (Å²) in [5, 5.41) is 17.8. The average molecular weight is 588 g/mol. The van der Waals surface area contributed by atoms with E-state index < -0.39 is 52.5 Å². The van der Waals surface area contributed by atoms with Gasteiger partial charge in [-0.25, -0.2) is 0 Å². The van der Waals surface area contributed by atoms with Crippen LogP contribution in [0.1, 0.15) is 25.0 Å². The molecule has 3 rings (SSSR count). The molecule has 1 fully saturated rings. The van der Waals surface area contributed by atoms with E-state index >= 15 is 0 Å². The number of thioether (sulfide) groups is 2. The third-order valence-electron chi connectivity index (χ3n) is 6.53. The number of primary amides is 1. The number of nitrogens with one attached hydrogen (secondary N) is 3. The maximum Gasteiger partial charge on any atom is 0.244 e. The number of amides is 4. The summed E-state index contributed by atoms with van der Waals surface area (Å²) in [5.74, 6) is -0.599. The van der Waals surface area contributed by atoms with Crippen LogP contribution >= 0.6 is 23.5 Å². The standard InChI is InChI=1S/C28H37N5O5S2/c1-28(2)23(24(30)35)33-26(37)21(15-17-6-4-3-5-7-17)31-27(38)22(16-39-12-13-40-28)32-25(36)20(29)14-18-8-10-19(34)11-9-18/h3-11,20-23,34H,12-16,29H2,1-2H3,(H2,30,35)(H,31,38)(H,32,36)(H,33,37)/t20-,21-,22?,23+/m0/s1. The number of benzene rings is 2. The predicted octanol–water partition coefficient (Wildman–Crippen LogP) is 0.703. The van der Waals surface area contributed by atoms with E-state index in [0.717, 1.165) is 11.1 Å². The molecule has 0 bridgehead atoms. The van der Waals surface area contributed by atoms with Crippen LogP contribution in [0.5, 0.6) is 5.75 Å². The molecule has 216 valence electrons. The summed E-state index contributed by atoms with van der Waals surface area (Å²) in [6, 6.07) is 11.7. The molecular weight excluding hydrogens is 550 g/mol. The van der Waals surface area contributed by atoms with Crippen molar-refractivity contribution < 1.29 is 24.3 Å². The van der Waals surface area contributed by atoms with Gasteiger partial charge in [-0.3, -0.25) is 19.2 Å². The van der Waals surface area contributed by atoms with Crippen LogP contribution in [0.4, 0.5) is 0 Å². The largest absolute Gasteiger partial charge is 0.508 e. The molecule has 0 spiro atoms. The first-order valence-corrected chi connectivity index (χ1v) is 15.1. The Hall–Kier alpha value is -3.22. The second-order valence-electron chi connectivity index (χ2n) is 10.2. The highest BCUT2D eigenvalue weighted by Gasteiger charge is 2.38. The number of hydrogen-bond donors (Lipinski definition) is 6. The summed E-state index contributed by atoms with van der Waals surface area (Å²) >= 11 is 2.98. The number of phenols is 1. The molecular formula is C28H37N5O5S2. The van der Waals surface area contributed by atoms with Crippen molar-refractivity contribution in [1.29, 1.82) is 0 Å². The van der Waals surface area contributed by atoms with Gasteiger partial charge < -0.3 is 32.5 Å². The van der Waals surface area contributed by atoms with Gasteiger partial charge in [0.15, 0.2) is 0 Å². The molecule has 8 N–H and O–H groups in total. The van der Waals surface area contributed by atoms with E-state index in [2.05, 4.69) is 16.0 Å². The highest BCUT2D eigenvalue weighted by atomic mass is 32.2. The minimum absolute atomic E-state index is 0.109. The van der Waals surface area contributed by atoms with E-state index in [1.165, 1.54) is 35.7 Å². The first-order chi connectivity index (χ1) is 19.0. The molecule has 0 radical (unpaired) electrons. The topological polar surface area (TPSA) is 177 Å². The summed E-state index contributed by atoms with van der Waals surface area (Å²) in [6.07, 6.45) is 0.387. The fourth-order valence-electron chi connectivity index (χ4n) is 4.25. The number of phenolic OH excluding ortho intramolecular Hbond substituents is 1. The van der Waals surface area contributed by atoms with Gasteiger partial charge in [-0.2, -0.15) is 23.5 Å². The third-order valence-corrected chi connectivity index (χ3v) is 9.24. The summed E-state index contributed by atoms with van der Waals surface area (Å²) < 4.78 is -0.688. The Balaban J connectivity index is 1.81. The predicted molar refractivity (Wildman–Crippen MR) is 159 cm³/mol. The minimum Gasteiger partial charge on any atom is -0.508 e. The van der Waals surface area contributed by atoms with Crippen LogP contribution in [-0.4, -0.2) is 74.9 Å². The van der Waals surface area contributed by atoms with E-state index in [4.69, 9.17) is 11.5 Å². The average Bonchev–Trinajstić information content (AvgIpc) is 2.91. The monoisotopic (exact) mass is 587 g/mol. The van der Waals surface area contributed by atoms with Crippen molar-refractivity contribution in [2.45, 2.75) is 55.6 Å². The lowest BCUT2D eigenvalue weighted by Gasteiger charge is -2.33. The molecule has 0 aliphatic carbocycles. The second-order valence-corrected chi connectivity index (χ2v) is 13.1. The smallest absolute Gasteiger partial charge is 0.244 e. The van der Waals surface area contributed by atoms with E-state index in [1.807, 2.05) is 44.2 Å². The second kappa shape index (κ2) is 14.4. The minimum atomic E-state index is -1.02. The van der Waals surface area contributed by atoms with Crippen molar-refractivity contribution in [3.8, 4) is 5.75 Å². The molecule has 12 heteroatoms. The van der Waals surface area contributed by atoms with Gasteiger partial charge in [0, 0.05) is 28.4 Å². The van der Waals surface area contributed by atoms with E-state index in [0.29, 0.717) is 11.5 Å². The maximum absolute atomic E-state index is 13.5. The molecule has 1 aliphatic heterocycles. The fourth-order valence-corrected chi connectivity index (χ4v) is 6.56. The molecule has 1 saturated heterocycles. The molecule has 1 aliphatic rings. The fraction of sp³-hybridized carbons (Fsp3) is 0.429. The molecule has 4 atom stereocenters. The van der Waals surface area contributed by atoms with Crippen LogP contribution in [-0.2, 0) is 32.0 Å². The highest BCUT2D eigenvalue weighted by molar-refractivity contribution is 8.03. The zero-order valence-electron chi connectivity index (χ0n) is 22.6. The van der Waals surface area contributed by atoms with E-state index in [1.54, 1.807) is 12.1 Å². The van der Waals surface area contributed by atoms with Crippen molar-refractivity contribution in [3.05, 3.63) is 65.7 Å². The first kappa shape index (κ1) is 31.3. The Morgan fingerprint density at radius 2 is 1.70 bits per heavy atom. The van der Waals surface area contributed by atoms with Crippen molar-refractivity contribution in [1.82, 2.24) is 16.0 Å². The maximum atomic E-state index is 13.5. The van der Waals surface area contributed by atoms with Crippen molar-refractivity contribution in [2.75, 3.05) is 17.3 Å². The number of carbonyl (C=O) groups is 4. The molecule has 1 unspecified atom stereocenters. The van der Waals surface area contributed by atoms with Gasteiger partial charge in [0.2, 0.25) is 23.6 Å². The Morgan fingerprint density at radius 1 is 1.02 bits per heavy atom. The van der Waals surface area contributed by atoms with E-state index in [9.17, 15) is 24.3 Å². The number of hydrogen-bond acceptors (Lipinski definition) is 8. The first-order valence-electron chi connectivity index (χ1n) is 13.0. The Labute approximate surface area is 242 Å². The molecule has 40 heavy (non-hydrogen) atoms. The van der Waals surface area contributed by atoms with Gasteiger partial charge in [0.25, 0.3) is 0 Å². The molecule has 10 nitrogen and oxygen atoms in total. The molecule has 4 amide bonds. The number of carbonyl (C=O) groups excluding carboxylic acids is 4. The number of aromatic hydroxyl groups is 1. The summed E-state index contributed by atoms with van der Waals surface area (Å²) in [5.41, 5.74) is 13.4. The number of nitrogens with two attached hydrogens (primary N) is 2. The summed E-state index contributed by atoms with van der Waals surface area (Å²) in [4.78, 5) is 52.3.